The third-order valence-electron chi connectivity index (χ3n) is 2.65. The lowest BCUT2D eigenvalue weighted by Gasteiger charge is -2.06. The standard InChI is InChI=1S/C14H11F2NO/c1-8-5-10(7-17-6-8)14(18)12-11(15)4-3-9(2)13(12)16/h3-7H,1-2H3. The molecule has 0 atom stereocenters. The van der Waals surface area contributed by atoms with E-state index in [9.17, 15) is 13.6 Å². The topological polar surface area (TPSA) is 30.0 Å². The van der Waals surface area contributed by atoms with Gasteiger partial charge in [0, 0.05) is 18.0 Å². The summed E-state index contributed by atoms with van der Waals surface area (Å²) in [5.41, 5.74) is 0.649. The minimum absolute atomic E-state index is 0.179. The fourth-order valence-electron chi connectivity index (χ4n) is 1.69. The number of halogens is 2. The molecule has 1 aromatic carbocycles. The van der Waals surface area contributed by atoms with Gasteiger partial charge in [-0.25, -0.2) is 8.78 Å². The van der Waals surface area contributed by atoms with Crippen molar-refractivity contribution in [2.75, 3.05) is 0 Å². The molecule has 0 aliphatic heterocycles. The van der Waals surface area contributed by atoms with Crippen molar-refractivity contribution in [3.63, 3.8) is 0 Å². The van der Waals surface area contributed by atoms with E-state index in [0.717, 1.165) is 11.6 Å². The number of carbonyl (C=O) groups excluding carboxylic acids is 1. The molecule has 92 valence electrons. The third-order valence-corrected chi connectivity index (χ3v) is 2.65. The minimum Gasteiger partial charge on any atom is -0.288 e. The summed E-state index contributed by atoms with van der Waals surface area (Å²) in [6, 6.07) is 3.95. The third kappa shape index (κ3) is 2.14. The molecule has 0 amide bonds. The van der Waals surface area contributed by atoms with Gasteiger partial charge in [-0.1, -0.05) is 6.07 Å². The molecule has 0 fully saturated rings. The second kappa shape index (κ2) is 4.64. The van der Waals surface area contributed by atoms with Crippen LogP contribution >= 0.6 is 0 Å². The molecular weight excluding hydrogens is 236 g/mol. The molecule has 18 heavy (non-hydrogen) atoms. The highest BCUT2D eigenvalue weighted by molar-refractivity contribution is 6.09. The Morgan fingerprint density at radius 3 is 2.56 bits per heavy atom. The highest BCUT2D eigenvalue weighted by Crippen LogP contribution is 2.20. The van der Waals surface area contributed by atoms with Crippen molar-refractivity contribution in [1.82, 2.24) is 4.98 Å². The molecule has 0 radical (unpaired) electrons. The second-order valence-electron chi connectivity index (χ2n) is 4.13. The van der Waals surface area contributed by atoms with Gasteiger partial charge in [-0.05, 0) is 37.1 Å². The van der Waals surface area contributed by atoms with E-state index in [1.165, 1.54) is 19.2 Å². The van der Waals surface area contributed by atoms with Crippen LogP contribution in [0, 0.1) is 25.5 Å². The number of aromatic nitrogens is 1. The summed E-state index contributed by atoms with van der Waals surface area (Å²) in [5.74, 6) is -2.36. The molecule has 0 N–H and O–H groups in total. The maximum Gasteiger partial charge on any atom is 0.200 e. The first kappa shape index (κ1) is 12.4. The highest BCUT2D eigenvalue weighted by atomic mass is 19.1. The van der Waals surface area contributed by atoms with Crippen molar-refractivity contribution in [3.8, 4) is 0 Å². The molecule has 0 saturated carbocycles. The Labute approximate surface area is 103 Å². The Balaban J connectivity index is 2.56. The van der Waals surface area contributed by atoms with Crippen molar-refractivity contribution in [2.45, 2.75) is 13.8 Å². The number of hydrogen-bond donors (Lipinski definition) is 0. The molecule has 0 saturated heterocycles. The molecule has 0 aliphatic rings. The fraction of sp³-hybridized carbons (Fsp3) is 0.143. The van der Waals surface area contributed by atoms with Gasteiger partial charge in [0.25, 0.3) is 0 Å². The Morgan fingerprint density at radius 2 is 1.89 bits per heavy atom. The molecule has 1 aromatic heterocycles. The quantitative estimate of drug-likeness (QED) is 0.763. The summed E-state index contributed by atoms with van der Waals surface area (Å²) in [6.45, 7) is 3.24. The molecule has 4 heteroatoms. The number of carbonyl (C=O) groups is 1. The van der Waals surface area contributed by atoms with E-state index in [1.54, 1.807) is 19.2 Å². The number of benzene rings is 1. The lowest BCUT2D eigenvalue weighted by Crippen LogP contribution is -2.09. The van der Waals surface area contributed by atoms with Crippen molar-refractivity contribution in [1.29, 1.82) is 0 Å². The van der Waals surface area contributed by atoms with E-state index in [1.807, 2.05) is 0 Å². The Hall–Kier alpha value is -2.10. The molecule has 0 aliphatic carbocycles. The van der Waals surface area contributed by atoms with E-state index in [0.29, 0.717) is 0 Å². The van der Waals surface area contributed by atoms with Gasteiger partial charge in [-0.3, -0.25) is 9.78 Å². The van der Waals surface area contributed by atoms with Crippen LogP contribution in [0.4, 0.5) is 8.78 Å². The van der Waals surface area contributed by atoms with Gasteiger partial charge in [0.1, 0.15) is 11.6 Å². The average Bonchev–Trinajstić information content (AvgIpc) is 2.34. The van der Waals surface area contributed by atoms with Gasteiger partial charge in [-0.15, -0.1) is 0 Å². The summed E-state index contributed by atoms with van der Waals surface area (Å²) in [7, 11) is 0. The maximum absolute atomic E-state index is 13.8. The summed E-state index contributed by atoms with van der Waals surface area (Å²) in [4.78, 5) is 15.9. The number of nitrogens with zero attached hydrogens (tertiary/aromatic N) is 1. The lowest BCUT2D eigenvalue weighted by atomic mass is 10.0. The number of aryl methyl sites for hydroxylation is 2. The van der Waals surface area contributed by atoms with Gasteiger partial charge in [0.05, 0.1) is 5.56 Å². The van der Waals surface area contributed by atoms with Crippen LogP contribution in [-0.2, 0) is 0 Å². The Bertz CT molecular complexity index is 623. The van der Waals surface area contributed by atoms with Crippen LogP contribution in [0.15, 0.2) is 30.6 Å². The Kier molecular flexibility index (Phi) is 3.19. The molecule has 2 nitrogen and oxygen atoms in total. The van der Waals surface area contributed by atoms with Gasteiger partial charge in [-0.2, -0.15) is 0 Å². The van der Waals surface area contributed by atoms with E-state index < -0.39 is 23.0 Å². The fourth-order valence-corrected chi connectivity index (χ4v) is 1.69. The molecule has 0 spiro atoms. The summed E-state index contributed by atoms with van der Waals surface area (Å²) in [6.07, 6.45) is 2.87. The zero-order valence-corrected chi connectivity index (χ0v) is 10.00. The first-order valence-corrected chi connectivity index (χ1v) is 5.41. The normalized spacial score (nSPS) is 10.4. The average molecular weight is 247 g/mol. The van der Waals surface area contributed by atoms with Gasteiger partial charge in [0.2, 0.25) is 5.78 Å². The molecule has 2 rings (SSSR count). The predicted octanol–water partition coefficient (Wildman–Crippen LogP) is 3.21. The number of rotatable bonds is 2. The lowest BCUT2D eigenvalue weighted by molar-refractivity contribution is 0.103. The van der Waals surface area contributed by atoms with Crippen LogP contribution in [0.25, 0.3) is 0 Å². The van der Waals surface area contributed by atoms with E-state index in [-0.39, 0.29) is 11.1 Å². The summed E-state index contributed by atoms with van der Waals surface area (Å²) in [5, 5.41) is 0. The van der Waals surface area contributed by atoms with Crippen LogP contribution in [0.5, 0.6) is 0 Å². The van der Waals surface area contributed by atoms with Crippen LogP contribution in [0.2, 0.25) is 0 Å². The van der Waals surface area contributed by atoms with E-state index in [2.05, 4.69) is 4.98 Å². The van der Waals surface area contributed by atoms with Gasteiger partial charge in [0.15, 0.2) is 0 Å². The summed E-state index contributed by atoms with van der Waals surface area (Å²) < 4.78 is 27.4. The number of ketones is 1. The monoisotopic (exact) mass is 247 g/mol. The Morgan fingerprint density at radius 1 is 1.17 bits per heavy atom. The molecule has 0 bridgehead atoms. The highest BCUT2D eigenvalue weighted by Gasteiger charge is 2.20. The minimum atomic E-state index is -0.857. The van der Waals surface area contributed by atoms with Crippen molar-refractivity contribution in [2.24, 2.45) is 0 Å². The number of pyridine rings is 1. The first-order chi connectivity index (χ1) is 8.50. The smallest absolute Gasteiger partial charge is 0.200 e. The first-order valence-electron chi connectivity index (χ1n) is 5.41. The number of hydrogen-bond acceptors (Lipinski definition) is 2. The molecular formula is C14H11F2NO. The van der Waals surface area contributed by atoms with Crippen molar-refractivity contribution >= 4 is 5.78 Å². The van der Waals surface area contributed by atoms with Crippen LogP contribution in [0.1, 0.15) is 27.0 Å². The molecule has 1 heterocycles. The van der Waals surface area contributed by atoms with E-state index >= 15 is 0 Å². The van der Waals surface area contributed by atoms with Crippen molar-refractivity contribution in [3.05, 3.63) is 64.5 Å². The molecule has 0 unspecified atom stereocenters. The summed E-state index contributed by atoms with van der Waals surface area (Å²) >= 11 is 0. The maximum atomic E-state index is 13.8. The SMILES string of the molecule is Cc1cncc(C(=O)c2c(F)ccc(C)c2F)c1. The second-order valence-corrected chi connectivity index (χ2v) is 4.13. The van der Waals surface area contributed by atoms with Gasteiger partial charge < -0.3 is 0 Å². The van der Waals surface area contributed by atoms with Gasteiger partial charge >= 0.3 is 0 Å². The largest absolute Gasteiger partial charge is 0.288 e. The zero-order chi connectivity index (χ0) is 13.3. The van der Waals surface area contributed by atoms with Crippen LogP contribution in [-0.4, -0.2) is 10.8 Å². The van der Waals surface area contributed by atoms with Crippen LogP contribution < -0.4 is 0 Å². The van der Waals surface area contributed by atoms with Crippen molar-refractivity contribution < 1.29 is 13.6 Å². The predicted molar refractivity (Wildman–Crippen MR) is 63.5 cm³/mol. The van der Waals surface area contributed by atoms with Crippen LogP contribution in [0.3, 0.4) is 0 Å². The zero-order valence-electron chi connectivity index (χ0n) is 10.00. The van der Waals surface area contributed by atoms with E-state index in [4.69, 9.17) is 0 Å². The molecule has 2 aromatic rings.